The second kappa shape index (κ2) is 6.86. The van der Waals surface area contributed by atoms with E-state index in [1.807, 2.05) is 37.3 Å². The second-order valence-corrected chi connectivity index (χ2v) is 6.66. The molecule has 4 rings (SSSR count). The highest BCUT2D eigenvalue weighted by atomic mass is 35.5. The molecule has 0 saturated heterocycles. The largest absolute Gasteiger partial charge is 0.340 e. The summed E-state index contributed by atoms with van der Waals surface area (Å²) in [6, 6.07) is 11.2. The Hall–Kier alpha value is -2.76. The first kappa shape index (κ1) is 16.7. The lowest BCUT2D eigenvalue weighted by molar-refractivity contribution is 1.13. The number of hydrogen-bond acceptors (Lipinski definition) is 5. The predicted molar refractivity (Wildman–Crippen MR) is 105 cm³/mol. The molecule has 0 atom stereocenters. The molecule has 0 spiro atoms. The van der Waals surface area contributed by atoms with Gasteiger partial charge in [-0.05, 0) is 48.9 Å². The van der Waals surface area contributed by atoms with Gasteiger partial charge in [0.1, 0.15) is 11.5 Å². The molecule has 0 radical (unpaired) electrons. The van der Waals surface area contributed by atoms with Crippen LogP contribution in [-0.2, 0) is 0 Å². The number of anilines is 2. The van der Waals surface area contributed by atoms with Crippen LogP contribution in [-0.4, -0.2) is 19.9 Å². The quantitative estimate of drug-likeness (QED) is 0.511. The molecular formula is C19H13Cl2N5. The van der Waals surface area contributed by atoms with Gasteiger partial charge in [-0.2, -0.15) is 0 Å². The molecule has 2 aromatic carbocycles. The van der Waals surface area contributed by atoms with E-state index in [1.54, 1.807) is 24.7 Å². The normalized spacial score (nSPS) is 10.9. The average molecular weight is 382 g/mol. The van der Waals surface area contributed by atoms with Gasteiger partial charge in [0, 0.05) is 33.5 Å². The highest BCUT2D eigenvalue weighted by Crippen LogP contribution is 2.30. The van der Waals surface area contributed by atoms with E-state index in [4.69, 9.17) is 23.2 Å². The van der Waals surface area contributed by atoms with Crippen molar-refractivity contribution in [2.75, 3.05) is 5.32 Å². The molecule has 0 aliphatic heterocycles. The molecule has 0 fully saturated rings. The Balaban J connectivity index is 1.89. The molecule has 2 heterocycles. The summed E-state index contributed by atoms with van der Waals surface area (Å²) >= 11 is 12.3. The Kier molecular flexibility index (Phi) is 4.41. The zero-order valence-corrected chi connectivity index (χ0v) is 15.3. The Labute approximate surface area is 160 Å². The minimum absolute atomic E-state index is 0.481. The van der Waals surface area contributed by atoms with Crippen LogP contribution in [0.2, 0.25) is 10.0 Å². The predicted octanol–water partition coefficient (Wildman–Crippen LogP) is 5.45. The highest BCUT2D eigenvalue weighted by molar-refractivity contribution is 6.31. The van der Waals surface area contributed by atoms with Gasteiger partial charge in [0.2, 0.25) is 0 Å². The summed E-state index contributed by atoms with van der Waals surface area (Å²) in [4.78, 5) is 17.6. The van der Waals surface area contributed by atoms with Crippen molar-refractivity contribution in [3.63, 3.8) is 0 Å². The molecule has 2 aromatic heterocycles. The summed E-state index contributed by atoms with van der Waals surface area (Å²) in [6.07, 6.45) is 4.85. The molecule has 4 aromatic rings. The van der Waals surface area contributed by atoms with Gasteiger partial charge < -0.3 is 5.32 Å². The van der Waals surface area contributed by atoms with Crippen molar-refractivity contribution in [3.8, 4) is 11.5 Å². The molecule has 5 nitrogen and oxygen atoms in total. The van der Waals surface area contributed by atoms with Crippen LogP contribution >= 0.6 is 23.2 Å². The lowest BCUT2D eigenvalue weighted by atomic mass is 10.2. The van der Waals surface area contributed by atoms with E-state index in [-0.39, 0.29) is 0 Å². The summed E-state index contributed by atoms with van der Waals surface area (Å²) in [7, 11) is 0. The molecular weight excluding hydrogens is 369 g/mol. The van der Waals surface area contributed by atoms with E-state index in [1.165, 1.54) is 0 Å². The topological polar surface area (TPSA) is 63.6 Å². The van der Waals surface area contributed by atoms with Crippen LogP contribution in [0.3, 0.4) is 0 Å². The first-order chi connectivity index (χ1) is 12.6. The SMILES string of the molecule is Cc1cc(Cl)cc(Nc2nc(-c3cnccn3)nc3ccc(Cl)cc23)c1. The number of nitrogens with one attached hydrogen (secondary N) is 1. The van der Waals surface area contributed by atoms with E-state index in [2.05, 4.69) is 25.3 Å². The van der Waals surface area contributed by atoms with Crippen molar-refractivity contribution in [2.45, 2.75) is 6.92 Å². The maximum absolute atomic E-state index is 6.17. The molecule has 7 heteroatoms. The van der Waals surface area contributed by atoms with E-state index in [0.717, 1.165) is 22.2 Å². The summed E-state index contributed by atoms with van der Waals surface area (Å²) < 4.78 is 0. The molecule has 0 unspecified atom stereocenters. The van der Waals surface area contributed by atoms with Crippen LogP contribution < -0.4 is 5.32 Å². The number of hydrogen-bond donors (Lipinski definition) is 1. The number of aryl methyl sites for hydroxylation is 1. The van der Waals surface area contributed by atoms with Gasteiger partial charge in [0.05, 0.1) is 11.7 Å². The average Bonchev–Trinajstić information content (AvgIpc) is 2.62. The molecule has 0 aliphatic carbocycles. The number of halogens is 2. The molecule has 1 N–H and O–H groups in total. The van der Waals surface area contributed by atoms with Crippen molar-refractivity contribution in [1.82, 2.24) is 19.9 Å². The number of benzene rings is 2. The summed E-state index contributed by atoms with van der Waals surface area (Å²) in [6.45, 7) is 1.98. The summed E-state index contributed by atoms with van der Waals surface area (Å²) in [5.74, 6) is 1.11. The third kappa shape index (κ3) is 3.45. The van der Waals surface area contributed by atoms with Crippen molar-refractivity contribution < 1.29 is 0 Å². The second-order valence-electron chi connectivity index (χ2n) is 5.79. The Morgan fingerprint density at radius 2 is 1.81 bits per heavy atom. The summed E-state index contributed by atoms with van der Waals surface area (Å²) in [5.41, 5.74) is 3.23. The van der Waals surface area contributed by atoms with Gasteiger partial charge in [-0.25, -0.2) is 15.0 Å². The van der Waals surface area contributed by atoms with Crippen molar-refractivity contribution in [3.05, 3.63) is 70.6 Å². The number of rotatable bonds is 3. The molecule has 0 saturated carbocycles. The minimum atomic E-state index is 0.481. The van der Waals surface area contributed by atoms with Crippen LogP contribution in [0.1, 0.15) is 5.56 Å². The Morgan fingerprint density at radius 1 is 0.923 bits per heavy atom. The fourth-order valence-electron chi connectivity index (χ4n) is 2.67. The maximum Gasteiger partial charge on any atom is 0.182 e. The van der Waals surface area contributed by atoms with Crippen LogP contribution in [0.25, 0.3) is 22.4 Å². The van der Waals surface area contributed by atoms with Crippen LogP contribution in [0.15, 0.2) is 55.0 Å². The van der Waals surface area contributed by atoms with E-state index >= 15 is 0 Å². The van der Waals surface area contributed by atoms with Gasteiger partial charge in [0.15, 0.2) is 5.82 Å². The smallest absolute Gasteiger partial charge is 0.182 e. The lowest BCUT2D eigenvalue weighted by Gasteiger charge is -2.12. The van der Waals surface area contributed by atoms with Crippen molar-refractivity contribution >= 4 is 45.6 Å². The zero-order valence-electron chi connectivity index (χ0n) is 13.7. The van der Waals surface area contributed by atoms with Crippen LogP contribution in [0.4, 0.5) is 11.5 Å². The molecule has 26 heavy (non-hydrogen) atoms. The molecule has 0 bridgehead atoms. The monoisotopic (exact) mass is 381 g/mol. The maximum atomic E-state index is 6.17. The molecule has 0 amide bonds. The Bertz CT molecular complexity index is 1080. The molecule has 0 aliphatic rings. The fraction of sp³-hybridized carbons (Fsp3) is 0.0526. The lowest BCUT2D eigenvalue weighted by Crippen LogP contribution is -2.00. The summed E-state index contributed by atoms with van der Waals surface area (Å²) in [5, 5.41) is 5.39. The van der Waals surface area contributed by atoms with Crippen LogP contribution in [0, 0.1) is 6.92 Å². The van der Waals surface area contributed by atoms with Crippen LogP contribution in [0.5, 0.6) is 0 Å². The van der Waals surface area contributed by atoms with Crippen molar-refractivity contribution in [2.24, 2.45) is 0 Å². The third-order valence-electron chi connectivity index (χ3n) is 3.75. The van der Waals surface area contributed by atoms with Crippen molar-refractivity contribution in [1.29, 1.82) is 0 Å². The first-order valence-electron chi connectivity index (χ1n) is 7.86. The first-order valence-corrected chi connectivity index (χ1v) is 8.62. The minimum Gasteiger partial charge on any atom is -0.340 e. The fourth-order valence-corrected chi connectivity index (χ4v) is 3.13. The van der Waals surface area contributed by atoms with Gasteiger partial charge in [-0.1, -0.05) is 23.2 Å². The van der Waals surface area contributed by atoms with Gasteiger partial charge >= 0.3 is 0 Å². The van der Waals surface area contributed by atoms with Gasteiger partial charge in [-0.3, -0.25) is 4.98 Å². The zero-order chi connectivity index (χ0) is 18.1. The number of fused-ring (bicyclic) bond motifs is 1. The van der Waals surface area contributed by atoms with E-state index in [0.29, 0.717) is 27.4 Å². The van der Waals surface area contributed by atoms with Gasteiger partial charge in [-0.15, -0.1) is 0 Å². The van der Waals surface area contributed by atoms with E-state index in [9.17, 15) is 0 Å². The Morgan fingerprint density at radius 3 is 2.58 bits per heavy atom. The third-order valence-corrected chi connectivity index (χ3v) is 4.21. The molecule has 128 valence electrons. The van der Waals surface area contributed by atoms with E-state index < -0.39 is 0 Å². The number of nitrogens with zero attached hydrogens (tertiary/aromatic N) is 4. The standard InChI is InChI=1S/C19H13Cl2N5/c1-11-6-13(21)8-14(7-11)24-18-15-9-12(20)2-3-16(15)25-19(26-18)17-10-22-4-5-23-17/h2-10H,1H3,(H,24,25,26). The highest BCUT2D eigenvalue weighted by Gasteiger charge is 2.12. The number of aromatic nitrogens is 4. The van der Waals surface area contributed by atoms with Gasteiger partial charge in [0.25, 0.3) is 0 Å².